The van der Waals surface area contributed by atoms with E-state index in [2.05, 4.69) is 10.6 Å². The SMILES string of the molecule is Fc1cc2c(cc1F)NC1CCCCCC1CN2. The van der Waals surface area contributed by atoms with Crippen LogP contribution in [0.5, 0.6) is 0 Å². The van der Waals surface area contributed by atoms with Gasteiger partial charge in [0.2, 0.25) is 0 Å². The molecular formula is C14H18F2N2. The van der Waals surface area contributed by atoms with Gasteiger partial charge in [0.25, 0.3) is 0 Å². The van der Waals surface area contributed by atoms with E-state index < -0.39 is 11.6 Å². The van der Waals surface area contributed by atoms with Crippen LogP contribution in [0, 0.1) is 17.6 Å². The summed E-state index contributed by atoms with van der Waals surface area (Å²) < 4.78 is 26.5. The van der Waals surface area contributed by atoms with Crippen molar-refractivity contribution in [1.29, 1.82) is 0 Å². The molecule has 0 aromatic heterocycles. The van der Waals surface area contributed by atoms with Gasteiger partial charge in [0.05, 0.1) is 11.4 Å². The lowest BCUT2D eigenvalue weighted by Gasteiger charge is -2.23. The summed E-state index contributed by atoms with van der Waals surface area (Å²) in [6, 6.07) is 2.90. The molecule has 3 rings (SSSR count). The van der Waals surface area contributed by atoms with E-state index in [4.69, 9.17) is 0 Å². The van der Waals surface area contributed by atoms with Crippen molar-refractivity contribution < 1.29 is 8.78 Å². The van der Waals surface area contributed by atoms with Crippen molar-refractivity contribution in [3.05, 3.63) is 23.8 Å². The fraction of sp³-hybridized carbons (Fsp3) is 0.571. The summed E-state index contributed by atoms with van der Waals surface area (Å²) in [5.41, 5.74) is 1.38. The van der Waals surface area contributed by atoms with Crippen LogP contribution in [0.1, 0.15) is 32.1 Å². The van der Waals surface area contributed by atoms with Crippen molar-refractivity contribution in [2.45, 2.75) is 38.1 Å². The summed E-state index contributed by atoms with van der Waals surface area (Å²) in [5, 5.41) is 6.65. The van der Waals surface area contributed by atoms with E-state index in [1.54, 1.807) is 0 Å². The molecular weight excluding hydrogens is 234 g/mol. The second-order valence-corrected chi connectivity index (χ2v) is 5.34. The number of benzene rings is 1. The van der Waals surface area contributed by atoms with Gasteiger partial charge in [0.1, 0.15) is 0 Å². The van der Waals surface area contributed by atoms with Gasteiger partial charge in [-0.15, -0.1) is 0 Å². The number of fused-ring (bicyclic) bond motifs is 2. The Morgan fingerprint density at radius 1 is 0.944 bits per heavy atom. The zero-order chi connectivity index (χ0) is 12.5. The van der Waals surface area contributed by atoms with E-state index in [9.17, 15) is 8.78 Å². The van der Waals surface area contributed by atoms with Gasteiger partial charge in [0.15, 0.2) is 11.6 Å². The minimum Gasteiger partial charge on any atom is -0.383 e. The predicted molar refractivity (Wildman–Crippen MR) is 68.8 cm³/mol. The van der Waals surface area contributed by atoms with Crippen LogP contribution in [0.3, 0.4) is 0 Å². The standard InChI is InChI=1S/C14H18F2N2/c15-10-6-13-14(7-11(10)16)18-12-5-3-1-2-4-9(12)8-17-13/h6-7,9,12,17-18H,1-5,8H2. The third-order valence-electron chi connectivity index (χ3n) is 4.12. The molecule has 1 aromatic rings. The predicted octanol–water partition coefficient (Wildman–Crippen LogP) is 3.75. The minimum absolute atomic E-state index is 0.381. The summed E-state index contributed by atoms with van der Waals surface area (Å²) in [4.78, 5) is 0. The first kappa shape index (κ1) is 11.8. The normalized spacial score (nSPS) is 27.0. The number of nitrogens with one attached hydrogen (secondary N) is 2. The molecule has 0 amide bonds. The molecule has 1 aliphatic heterocycles. The second-order valence-electron chi connectivity index (χ2n) is 5.34. The van der Waals surface area contributed by atoms with Gasteiger partial charge in [-0.25, -0.2) is 8.78 Å². The first-order valence-corrected chi connectivity index (χ1v) is 6.73. The van der Waals surface area contributed by atoms with Gasteiger partial charge < -0.3 is 10.6 Å². The average Bonchev–Trinajstić information content (AvgIpc) is 2.64. The average molecular weight is 252 g/mol. The van der Waals surface area contributed by atoms with Crippen LogP contribution in [-0.4, -0.2) is 12.6 Å². The molecule has 1 saturated carbocycles. The highest BCUT2D eigenvalue weighted by molar-refractivity contribution is 5.70. The molecule has 2 nitrogen and oxygen atoms in total. The Balaban J connectivity index is 1.90. The van der Waals surface area contributed by atoms with Crippen molar-refractivity contribution >= 4 is 11.4 Å². The third-order valence-corrected chi connectivity index (χ3v) is 4.12. The van der Waals surface area contributed by atoms with Crippen LogP contribution in [0.15, 0.2) is 12.1 Å². The van der Waals surface area contributed by atoms with Gasteiger partial charge in [-0.3, -0.25) is 0 Å². The maximum absolute atomic E-state index is 13.3. The van der Waals surface area contributed by atoms with E-state index in [1.807, 2.05) is 0 Å². The van der Waals surface area contributed by atoms with E-state index in [0.29, 0.717) is 23.3 Å². The molecule has 0 radical (unpaired) electrons. The second kappa shape index (κ2) is 4.75. The summed E-state index contributed by atoms with van der Waals surface area (Å²) >= 11 is 0. The number of hydrogen-bond acceptors (Lipinski definition) is 2. The zero-order valence-electron chi connectivity index (χ0n) is 10.3. The quantitative estimate of drug-likeness (QED) is 0.734. The molecule has 4 heteroatoms. The molecule has 98 valence electrons. The number of anilines is 2. The molecule has 2 N–H and O–H groups in total. The zero-order valence-corrected chi connectivity index (χ0v) is 10.3. The smallest absolute Gasteiger partial charge is 0.161 e. The van der Waals surface area contributed by atoms with Gasteiger partial charge in [-0.1, -0.05) is 19.3 Å². The van der Waals surface area contributed by atoms with Gasteiger partial charge >= 0.3 is 0 Å². The Labute approximate surface area is 106 Å². The van der Waals surface area contributed by atoms with Crippen molar-refractivity contribution in [3.63, 3.8) is 0 Å². The van der Waals surface area contributed by atoms with Crippen LogP contribution in [0.2, 0.25) is 0 Å². The lowest BCUT2D eigenvalue weighted by Crippen LogP contribution is -2.30. The number of halogens is 2. The van der Waals surface area contributed by atoms with E-state index in [1.165, 1.54) is 37.8 Å². The highest BCUT2D eigenvalue weighted by Gasteiger charge is 2.27. The fourth-order valence-electron chi connectivity index (χ4n) is 3.07. The summed E-state index contributed by atoms with van der Waals surface area (Å²) in [6.07, 6.45) is 6.05. The van der Waals surface area contributed by atoms with Crippen molar-refractivity contribution in [3.8, 4) is 0 Å². The lowest BCUT2D eigenvalue weighted by atomic mass is 9.95. The maximum Gasteiger partial charge on any atom is 0.161 e. The number of rotatable bonds is 0. The van der Waals surface area contributed by atoms with Crippen LogP contribution in [-0.2, 0) is 0 Å². The molecule has 0 spiro atoms. The molecule has 1 aromatic carbocycles. The Kier molecular flexibility index (Phi) is 3.10. The highest BCUT2D eigenvalue weighted by Crippen LogP contribution is 2.34. The molecule has 2 atom stereocenters. The molecule has 1 fully saturated rings. The van der Waals surface area contributed by atoms with Gasteiger partial charge in [-0.2, -0.15) is 0 Å². The van der Waals surface area contributed by atoms with E-state index in [0.717, 1.165) is 13.0 Å². The minimum atomic E-state index is -0.787. The molecule has 1 aliphatic carbocycles. The van der Waals surface area contributed by atoms with Crippen LogP contribution >= 0.6 is 0 Å². The van der Waals surface area contributed by atoms with E-state index >= 15 is 0 Å². The molecule has 2 aliphatic rings. The Morgan fingerprint density at radius 3 is 2.50 bits per heavy atom. The third kappa shape index (κ3) is 2.16. The topological polar surface area (TPSA) is 24.1 Å². The molecule has 18 heavy (non-hydrogen) atoms. The van der Waals surface area contributed by atoms with Crippen LogP contribution in [0.25, 0.3) is 0 Å². The van der Waals surface area contributed by atoms with Crippen LogP contribution in [0.4, 0.5) is 20.2 Å². The van der Waals surface area contributed by atoms with Gasteiger partial charge in [0, 0.05) is 24.7 Å². The van der Waals surface area contributed by atoms with Crippen molar-refractivity contribution in [2.24, 2.45) is 5.92 Å². The summed E-state index contributed by atoms with van der Waals surface area (Å²) in [7, 11) is 0. The maximum atomic E-state index is 13.3. The monoisotopic (exact) mass is 252 g/mol. The first-order chi connectivity index (χ1) is 8.74. The Morgan fingerprint density at radius 2 is 1.67 bits per heavy atom. The Bertz CT molecular complexity index is 448. The highest BCUT2D eigenvalue weighted by atomic mass is 19.2. The van der Waals surface area contributed by atoms with Crippen molar-refractivity contribution in [2.75, 3.05) is 17.2 Å². The molecule has 2 unspecified atom stereocenters. The summed E-state index contributed by atoms with van der Waals surface area (Å²) in [5.74, 6) is -1.02. The Hall–Kier alpha value is -1.32. The molecule has 0 saturated heterocycles. The summed E-state index contributed by atoms with van der Waals surface area (Å²) in [6.45, 7) is 0.843. The molecule has 0 bridgehead atoms. The van der Waals surface area contributed by atoms with Crippen molar-refractivity contribution in [1.82, 2.24) is 0 Å². The molecule has 1 heterocycles. The largest absolute Gasteiger partial charge is 0.383 e. The lowest BCUT2D eigenvalue weighted by molar-refractivity contribution is 0.444. The van der Waals surface area contributed by atoms with E-state index in [-0.39, 0.29) is 0 Å². The van der Waals surface area contributed by atoms with Gasteiger partial charge in [-0.05, 0) is 18.8 Å². The fourth-order valence-corrected chi connectivity index (χ4v) is 3.07. The number of hydrogen-bond donors (Lipinski definition) is 2. The van der Waals surface area contributed by atoms with Crippen LogP contribution < -0.4 is 10.6 Å². The first-order valence-electron chi connectivity index (χ1n) is 6.73.